The lowest BCUT2D eigenvalue weighted by Crippen LogP contribution is -2.74. The molecular weight excluding hydrogens is 274 g/mol. The summed E-state index contributed by atoms with van der Waals surface area (Å²) in [6.07, 6.45) is 0. The Morgan fingerprint density at radius 1 is 0.722 bits per heavy atom. The third kappa shape index (κ3) is 3.37. The summed E-state index contributed by atoms with van der Waals surface area (Å²) in [5.74, 6) is 0. The largest absolute Gasteiger partial charge is 0.522 e. The normalized spacial score (nSPS) is 13.3. The van der Waals surface area contributed by atoms with Crippen LogP contribution < -0.4 is 5.32 Å². The van der Waals surface area contributed by atoms with Crippen molar-refractivity contribution < 1.29 is 26.6 Å². The van der Waals surface area contributed by atoms with Gasteiger partial charge in [0.25, 0.3) is 0 Å². The van der Waals surface area contributed by atoms with Gasteiger partial charge in [-0.25, -0.2) is 0 Å². The summed E-state index contributed by atoms with van der Waals surface area (Å²) in [5.41, 5.74) is 0. The summed E-state index contributed by atoms with van der Waals surface area (Å²) >= 11 is 0. The molecule has 0 aromatic heterocycles. The molecule has 18 heavy (non-hydrogen) atoms. The van der Waals surface area contributed by atoms with Gasteiger partial charge in [-0.3, -0.25) is 0 Å². The van der Waals surface area contributed by atoms with Crippen LogP contribution in [0.2, 0.25) is 0 Å². The van der Waals surface area contributed by atoms with E-state index in [0.717, 1.165) is 0 Å². The predicted molar refractivity (Wildman–Crippen MR) is 71.0 cm³/mol. The summed E-state index contributed by atoms with van der Waals surface area (Å²) < 4.78 is 32.9. The Kier molecular flexibility index (Phi) is 8.42. The van der Waals surface area contributed by atoms with Crippen molar-refractivity contribution in [2.75, 3.05) is 49.2 Å². The Balaban J connectivity index is 5.49. The highest BCUT2D eigenvalue weighted by Crippen LogP contribution is 2.23. The molecule has 0 saturated heterocycles. The molecule has 0 fully saturated rings. The Morgan fingerprint density at radius 2 is 1.00 bits per heavy atom. The molecule has 0 aliphatic heterocycles. The van der Waals surface area contributed by atoms with E-state index in [9.17, 15) is 0 Å². The molecule has 0 spiro atoms. The highest BCUT2D eigenvalue weighted by molar-refractivity contribution is 6.82. The maximum absolute atomic E-state index is 5.49. The Bertz CT molecular complexity index is 189. The number of hydrogen-bond acceptors (Lipinski definition) is 7. The van der Waals surface area contributed by atoms with Gasteiger partial charge in [-0.15, -0.1) is 0 Å². The zero-order valence-electron chi connectivity index (χ0n) is 12.2. The molecule has 9 heteroatoms. The fourth-order valence-corrected chi connectivity index (χ4v) is 9.05. The van der Waals surface area contributed by atoms with Gasteiger partial charge in [0, 0.05) is 42.7 Å². The zero-order chi connectivity index (χ0) is 14.2. The van der Waals surface area contributed by atoms with E-state index in [2.05, 4.69) is 5.32 Å². The third-order valence-corrected chi connectivity index (χ3v) is 10.2. The van der Waals surface area contributed by atoms with Crippen molar-refractivity contribution in [2.24, 2.45) is 0 Å². The highest BCUT2D eigenvalue weighted by atomic mass is 28.5. The van der Waals surface area contributed by atoms with Crippen LogP contribution in [0.25, 0.3) is 0 Å². The van der Waals surface area contributed by atoms with Gasteiger partial charge in [0.2, 0.25) is 0 Å². The second-order valence-corrected chi connectivity index (χ2v) is 10.0. The van der Waals surface area contributed by atoms with Crippen molar-refractivity contribution >= 4 is 17.6 Å². The summed E-state index contributed by atoms with van der Waals surface area (Å²) in [7, 11) is 3.29. The Morgan fingerprint density at radius 3 is 1.17 bits per heavy atom. The van der Waals surface area contributed by atoms with Crippen LogP contribution in [0.5, 0.6) is 0 Å². The molecule has 0 amide bonds. The maximum atomic E-state index is 5.49. The SMILES string of the molecule is CCNC([Si](OC)(OC)OC)[Si](OC)(OC)OC. The first-order valence-electron chi connectivity index (χ1n) is 5.60. The fraction of sp³-hybridized carbons (Fsp3) is 1.00. The van der Waals surface area contributed by atoms with Crippen molar-refractivity contribution in [1.82, 2.24) is 5.32 Å². The molecule has 1 N–H and O–H groups in total. The standard InChI is InChI=1S/C9H25NO6Si2/c1-8-10-9(17(11-2,12-3)13-4)18(14-5,15-6)16-7/h9-10H,8H2,1-7H3. The Hall–Kier alpha value is 0.154. The summed E-state index contributed by atoms with van der Waals surface area (Å²) in [4.78, 5) is 0. The summed E-state index contributed by atoms with van der Waals surface area (Å²) in [6.45, 7) is 2.65. The monoisotopic (exact) mass is 299 g/mol. The van der Waals surface area contributed by atoms with E-state index in [1.54, 1.807) is 42.7 Å². The topological polar surface area (TPSA) is 67.4 Å². The van der Waals surface area contributed by atoms with Crippen molar-refractivity contribution in [3.05, 3.63) is 0 Å². The van der Waals surface area contributed by atoms with E-state index in [1.807, 2.05) is 6.92 Å². The van der Waals surface area contributed by atoms with Gasteiger partial charge in [0.1, 0.15) is 5.29 Å². The van der Waals surface area contributed by atoms with E-state index in [4.69, 9.17) is 26.6 Å². The van der Waals surface area contributed by atoms with Gasteiger partial charge in [-0.1, -0.05) is 6.92 Å². The molecule has 0 bridgehead atoms. The number of hydrogen-bond donors (Lipinski definition) is 1. The molecular formula is C9H25NO6Si2. The smallest absolute Gasteiger partial charge is 0.376 e. The van der Waals surface area contributed by atoms with Crippen LogP contribution in [0.3, 0.4) is 0 Å². The van der Waals surface area contributed by atoms with Crippen molar-refractivity contribution in [1.29, 1.82) is 0 Å². The van der Waals surface area contributed by atoms with Crippen LogP contribution in [0, 0.1) is 0 Å². The number of nitrogens with one attached hydrogen (secondary N) is 1. The second kappa shape index (κ2) is 8.35. The van der Waals surface area contributed by atoms with Gasteiger partial charge < -0.3 is 31.9 Å². The Labute approximate surface area is 111 Å². The fourth-order valence-electron chi connectivity index (χ4n) is 1.88. The average molecular weight is 299 g/mol. The first-order valence-corrected chi connectivity index (χ1v) is 9.21. The molecule has 0 aliphatic carbocycles. The highest BCUT2D eigenvalue weighted by Gasteiger charge is 2.64. The minimum atomic E-state index is -2.99. The quantitative estimate of drug-likeness (QED) is 0.560. The average Bonchev–Trinajstić information content (AvgIpc) is 2.44. The van der Waals surface area contributed by atoms with Crippen LogP contribution in [0.4, 0.5) is 0 Å². The third-order valence-electron chi connectivity index (χ3n) is 2.82. The lowest BCUT2D eigenvalue weighted by molar-refractivity contribution is 0.0759. The van der Waals surface area contributed by atoms with Crippen molar-refractivity contribution in [3.63, 3.8) is 0 Å². The molecule has 0 atom stereocenters. The summed E-state index contributed by atoms with van der Waals surface area (Å²) in [6, 6.07) is 0. The van der Waals surface area contributed by atoms with Crippen LogP contribution in [-0.2, 0) is 26.6 Å². The number of rotatable bonds is 10. The first-order chi connectivity index (χ1) is 8.56. The molecule has 0 aromatic rings. The minimum absolute atomic E-state index is 0.394. The zero-order valence-corrected chi connectivity index (χ0v) is 14.2. The van der Waals surface area contributed by atoms with Crippen molar-refractivity contribution in [3.8, 4) is 0 Å². The van der Waals surface area contributed by atoms with E-state index in [0.29, 0.717) is 6.54 Å². The lowest BCUT2D eigenvalue weighted by Gasteiger charge is -2.39. The maximum Gasteiger partial charge on any atom is 0.522 e. The molecule has 0 rings (SSSR count). The van der Waals surface area contributed by atoms with Gasteiger partial charge in [0.15, 0.2) is 0 Å². The first kappa shape index (κ1) is 18.2. The predicted octanol–water partition coefficient (Wildman–Crippen LogP) is -0.201. The summed E-state index contributed by atoms with van der Waals surface area (Å²) in [5, 5.41) is 2.85. The van der Waals surface area contributed by atoms with Gasteiger partial charge in [-0.05, 0) is 6.54 Å². The molecule has 7 nitrogen and oxygen atoms in total. The van der Waals surface area contributed by atoms with Gasteiger partial charge >= 0.3 is 17.6 Å². The molecule has 110 valence electrons. The molecule has 0 aromatic carbocycles. The van der Waals surface area contributed by atoms with Gasteiger partial charge in [0.05, 0.1) is 0 Å². The van der Waals surface area contributed by atoms with E-state index >= 15 is 0 Å². The van der Waals surface area contributed by atoms with Crippen LogP contribution in [-0.4, -0.2) is 72.1 Å². The second-order valence-electron chi connectivity index (χ2n) is 3.42. The molecule has 0 saturated carbocycles. The van der Waals surface area contributed by atoms with Gasteiger partial charge in [-0.2, -0.15) is 0 Å². The van der Waals surface area contributed by atoms with Crippen molar-refractivity contribution in [2.45, 2.75) is 12.2 Å². The molecule has 0 unspecified atom stereocenters. The van der Waals surface area contributed by atoms with Crippen LogP contribution in [0.15, 0.2) is 0 Å². The molecule has 0 heterocycles. The molecule has 0 radical (unpaired) electrons. The van der Waals surface area contributed by atoms with Crippen LogP contribution >= 0.6 is 0 Å². The van der Waals surface area contributed by atoms with E-state index < -0.39 is 22.9 Å². The van der Waals surface area contributed by atoms with Crippen LogP contribution in [0.1, 0.15) is 6.92 Å². The minimum Gasteiger partial charge on any atom is -0.376 e. The lowest BCUT2D eigenvalue weighted by atomic mass is 10.8. The van der Waals surface area contributed by atoms with E-state index in [-0.39, 0.29) is 0 Å². The van der Waals surface area contributed by atoms with E-state index in [1.165, 1.54) is 0 Å². The molecule has 0 aliphatic rings.